The van der Waals surface area contributed by atoms with Crippen LogP contribution >= 0.6 is 0 Å². The van der Waals surface area contributed by atoms with E-state index in [1.807, 2.05) is 4.90 Å². The molecule has 1 aliphatic rings. The molecule has 2 rings (SSSR count). The lowest BCUT2D eigenvalue weighted by Gasteiger charge is -2.26. The molecule has 1 amide bonds. The Morgan fingerprint density at radius 3 is 2.95 bits per heavy atom. The van der Waals surface area contributed by atoms with E-state index in [1.165, 1.54) is 5.69 Å². The molecule has 1 fully saturated rings. The van der Waals surface area contributed by atoms with Gasteiger partial charge in [0.05, 0.1) is 13.2 Å². The maximum absolute atomic E-state index is 11.9. The van der Waals surface area contributed by atoms with Gasteiger partial charge in [-0.15, -0.1) is 0 Å². The lowest BCUT2D eigenvalue weighted by atomic mass is 10.3. The van der Waals surface area contributed by atoms with Crippen molar-refractivity contribution >= 4 is 5.91 Å². The molecule has 1 aromatic rings. The van der Waals surface area contributed by atoms with Gasteiger partial charge in [-0.3, -0.25) is 4.79 Å². The van der Waals surface area contributed by atoms with Crippen molar-refractivity contribution in [2.45, 2.75) is 26.4 Å². The van der Waals surface area contributed by atoms with Gasteiger partial charge in [-0.25, -0.2) is 0 Å². The largest absolute Gasteiger partial charge is 0.378 e. The van der Waals surface area contributed by atoms with E-state index in [2.05, 4.69) is 35.1 Å². The monoisotopic (exact) mass is 265 g/mol. The Morgan fingerprint density at radius 1 is 1.42 bits per heavy atom. The number of nitrogens with one attached hydrogen (secondary N) is 1. The Bertz CT molecular complexity index is 397. The Labute approximate surface area is 114 Å². The summed E-state index contributed by atoms with van der Waals surface area (Å²) in [4.78, 5) is 13.8. The highest BCUT2D eigenvalue weighted by Gasteiger charge is 2.15. The minimum atomic E-state index is 0.224. The Balaban J connectivity index is 1.65. The van der Waals surface area contributed by atoms with Crippen LogP contribution in [0.4, 0.5) is 0 Å². The van der Waals surface area contributed by atoms with Gasteiger partial charge in [-0.05, 0) is 19.1 Å². The SMILES string of the molecule is CCn1cccc1CNCCC(=O)N1CCOCC1. The minimum Gasteiger partial charge on any atom is -0.378 e. The number of amides is 1. The highest BCUT2D eigenvalue weighted by molar-refractivity contribution is 5.76. The predicted molar refractivity (Wildman–Crippen MR) is 73.8 cm³/mol. The van der Waals surface area contributed by atoms with Gasteiger partial charge < -0.3 is 19.5 Å². The molecule has 0 saturated carbocycles. The summed E-state index contributed by atoms with van der Waals surface area (Å²) in [6.45, 7) is 7.46. The average molecular weight is 265 g/mol. The van der Waals surface area contributed by atoms with E-state index in [9.17, 15) is 4.79 Å². The van der Waals surface area contributed by atoms with Crippen molar-refractivity contribution in [2.24, 2.45) is 0 Å². The molecule has 1 saturated heterocycles. The summed E-state index contributed by atoms with van der Waals surface area (Å²) in [7, 11) is 0. The van der Waals surface area contributed by atoms with Crippen LogP contribution in [-0.4, -0.2) is 48.2 Å². The van der Waals surface area contributed by atoms with Crippen LogP contribution in [0.25, 0.3) is 0 Å². The number of carbonyl (C=O) groups excluding carboxylic acids is 1. The zero-order valence-electron chi connectivity index (χ0n) is 11.6. The zero-order chi connectivity index (χ0) is 13.5. The van der Waals surface area contributed by atoms with Gasteiger partial charge in [0.1, 0.15) is 0 Å². The number of carbonyl (C=O) groups is 1. The summed E-state index contributed by atoms with van der Waals surface area (Å²) in [6, 6.07) is 4.17. The van der Waals surface area contributed by atoms with E-state index in [4.69, 9.17) is 4.74 Å². The number of nitrogens with zero attached hydrogens (tertiary/aromatic N) is 2. The molecular weight excluding hydrogens is 242 g/mol. The van der Waals surface area contributed by atoms with Gasteiger partial charge in [-0.2, -0.15) is 0 Å². The quantitative estimate of drug-likeness (QED) is 0.776. The van der Waals surface area contributed by atoms with E-state index in [0.717, 1.165) is 32.7 Å². The first-order valence-corrected chi connectivity index (χ1v) is 7.01. The maximum atomic E-state index is 11.9. The van der Waals surface area contributed by atoms with Crippen LogP contribution in [0, 0.1) is 0 Å². The Morgan fingerprint density at radius 2 is 2.21 bits per heavy atom. The van der Waals surface area contributed by atoms with Crippen LogP contribution in [0.3, 0.4) is 0 Å². The van der Waals surface area contributed by atoms with E-state index in [0.29, 0.717) is 19.6 Å². The van der Waals surface area contributed by atoms with Crippen molar-refractivity contribution in [3.63, 3.8) is 0 Å². The second-order valence-electron chi connectivity index (χ2n) is 4.71. The average Bonchev–Trinajstić information content (AvgIpc) is 2.91. The fourth-order valence-electron chi connectivity index (χ4n) is 2.30. The number of hydrogen-bond acceptors (Lipinski definition) is 3. The number of aromatic nitrogens is 1. The molecule has 0 unspecified atom stereocenters. The summed E-state index contributed by atoms with van der Waals surface area (Å²) in [6.07, 6.45) is 2.64. The highest BCUT2D eigenvalue weighted by atomic mass is 16.5. The number of rotatable bonds is 6. The molecule has 1 aromatic heterocycles. The number of ether oxygens (including phenoxy) is 1. The molecule has 0 aliphatic carbocycles. The predicted octanol–water partition coefficient (Wildman–Crippen LogP) is 0.846. The maximum Gasteiger partial charge on any atom is 0.224 e. The van der Waals surface area contributed by atoms with Crippen LogP contribution in [0.2, 0.25) is 0 Å². The smallest absolute Gasteiger partial charge is 0.224 e. The third-order valence-corrected chi connectivity index (χ3v) is 3.45. The third-order valence-electron chi connectivity index (χ3n) is 3.45. The first kappa shape index (κ1) is 14.1. The third kappa shape index (κ3) is 4.08. The van der Waals surface area contributed by atoms with Gasteiger partial charge in [-0.1, -0.05) is 0 Å². The second-order valence-corrected chi connectivity index (χ2v) is 4.71. The van der Waals surface area contributed by atoms with Gasteiger partial charge in [0.15, 0.2) is 0 Å². The van der Waals surface area contributed by atoms with Crippen molar-refractivity contribution < 1.29 is 9.53 Å². The topological polar surface area (TPSA) is 46.5 Å². The fraction of sp³-hybridized carbons (Fsp3) is 0.643. The molecule has 0 radical (unpaired) electrons. The number of morpholine rings is 1. The lowest BCUT2D eigenvalue weighted by Crippen LogP contribution is -2.41. The number of aryl methyl sites for hydroxylation is 1. The van der Waals surface area contributed by atoms with Gasteiger partial charge >= 0.3 is 0 Å². The normalized spacial score (nSPS) is 15.7. The lowest BCUT2D eigenvalue weighted by molar-refractivity contribution is -0.135. The molecule has 2 heterocycles. The van der Waals surface area contributed by atoms with Crippen molar-refractivity contribution in [1.29, 1.82) is 0 Å². The molecule has 5 nitrogen and oxygen atoms in total. The van der Waals surface area contributed by atoms with Crippen molar-refractivity contribution in [2.75, 3.05) is 32.8 Å². The van der Waals surface area contributed by atoms with Crippen molar-refractivity contribution in [1.82, 2.24) is 14.8 Å². The summed E-state index contributed by atoms with van der Waals surface area (Å²) < 4.78 is 7.44. The van der Waals surface area contributed by atoms with Crippen LogP contribution in [0.15, 0.2) is 18.3 Å². The van der Waals surface area contributed by atoms with Gasteiger partial charge in [0.25, 0.3) is 0 Å². The minimum absolute atomic E-state index is 0.224. The molecule has 0 aromatic carbocycles. The fourth-order valence-corrected chi connectivity index (χ4v) is 2.30. The van der Waals surface area contributed by atoms with E-state index in [-0.39, 0.29) is 5.91 Å². The zero-order valence-corrected chi connectivity index (χ0v) is 11.6. The molecule has 0 spiro atoms. The second kappa shape index (κ2) is 7.31. The summed E-state index contributed by atoms with van der Waals surface area (Å²) in [5, 5.41) is 3.33. The molecule has 106 valence electrons. The van der Waals surface area contributed by atoms with E-state index < -0.39 is 0 Å². The molecule has 19 heavy (non-hydrogen) atoms. The first-order valence-electron chi connectivity index (χ1n) is 7.01. The van der Waals surface area contributed by atoms with Crippen LogP contribution < -0.4 is 5.32 Å². The summed E-state index contributed by atoms with van der Waals surface area (Å²) in [5.74, 6) is 0.224. The summed E-state index contributed by atoms with van der Waals surface area (Å²) >= 11 is 0. The Kier molecular flexibility index (Phi) is 5.42. The standard InChI is InChI=1S/C14H23N3O2/c1-2-16-7-3-4-13(16)12-15-6-5-14(18)17-8-10-19-11-9-17/h3-4,7,15H,2,5-6,8-12H2,1H3. The van der Waals surface area contributed by atoms with E-state index in [1.54, 1.807) is 0 Å². The molecule has 1 N–H and O–H groups in total. The highest BCUT2D eigenvalue weighted by Crippen LogP contribution is 2.02. The van der Waals surface area contributed by atoms with Crippen molar-refractivity contribution in [3.8, 4) is 0 Å². The van der Waals surface area contributed by atoms with Crippen LogP contribution in [0.1, 0.15) is 19.0 Å². The van der Waals surface area contributed by atoms with Crippen LogP contribution in [-0.2, 0) is 22.6 Å². The molecule has 1 aliphatic heterocycles. The number of hydrogen-bond donors (Lipinski definition) is 1. The molecule has 5 heteroatoms. The molecule has 0 bridgehead atoms. The van der Waals surface area contributed by atoms with Crippen LogP contribution in [0.5, 0.6) is 0 Å². The van der Waals surface area contributed by atoms with Crippen molar-refractivity contribution in [3.05, 3.63) is 24.0 Å². The Hall–Kier alpha value is -1.33. The summed E-state index contributed by atoms with van der Waals surface area (Å²) in [5.41, 5.74) is 1.27. The van der Waals surface area contributed by atoms with Gasteiger partial charge in [0.2, 0.25) is 5.91 Å². The first-order chi connectivity index (χ1) is 9.31. The van der Waals surface area contributed by atoms with Gasteiger partial charge in [0, 0.05) is 51.0 Å². The molecular formula is C14H23N3O2. The van der Waals surface area contributed by atoms with E-state index >= 15 is 0 Å². The molecule has 0 atom stereocenters.